The van der Waals surface area contributed by atoms with E-state index in [0.29, 0.717) is 25.9 Å². The maximum atomic E-state index is 12.0. The van der Waals surface area contributed by atoms with E-state index in [9.17, 15) is 9.59 Å². The van der Waals surface area contributed by atoms with Gasteiger partial charge in [0.2, 0.25) is 5.91 Å². The van der Waals surface area contributed by atoms with Crippen LogP contribution in [0.1, 0.15) is 37.7 Å². The first-order chi connectivity index (χ1) is 11.1. The van der Waals surface area contributed by atoms with E-state index in [-0.39, 0.29) is 24.2 Å². The van der Waals surface area contributed by atoms with Gasteiger partial charge in [0.25, 0.3) is 0 Å². The number of aryl methyl sites for hydroxylation is 1. The summed E-state index contributed by atoms with van der Waals surface area (Å²) >= 11 is 0. The van der Waals surface area contributed by atoms with Gasteiger partial charge in [-0.1, -0.05) is 18.6 Å². The van der Waals surface area contributed by atoms with E-state index in [2.05, 4.69) is 12.1 Å². The highest BCUT2D eigenvalue weighted by Gasteiger charge is 2.30. The molecule has 0 bridgehead atoms. The molecule has 1 saturated heterocycles. The number of ether oxygens (including phenoxy) is 1. The summed E-state index contributed by atoms with van der Waals surface area (Å²) in [6, 6.07) is 8.07. The van der Waals surface area contributed by atoms with E-state index in [1.807, 2.05) is 12.1 Å². The number of carboxylic acids is 1. The van der Waals surface area contributed by atoms with Gasteiger partial charge in [0.05, 0.1) is 13.0 Å². The van der Waals surface area contributed by atoms with Gasteiger partial charge in [-0.15, -0.1) is 12.4 Å². The average Bonchev–Trinajstić information content (AvgIpc) is 3.05. The van der Waals surface area contributed by atoms with Crippen LogP contribution in [0.2, 0.25) is 0 Å². The van der Waals surface area contributed by atoms with E-state index < -0.39 is 5.97 Å². The zero-order valence-corrected chi connectivity index (χ0v) is 14.9. The highest BCUT2D eigenvalue weighted by molar-refractivity contribution is 5.85. The molecule has 0 spiro atoms. The maximum Gasteiger partial charge on any atom is 0.308 e. The summed E-state index contributed by atoms with van der Waals surface area (Å²) in [6.07, 6.45) is 5.03. The lowest BCUT2D eigenvalue weighted by molar-refractivity contribution is -0.141. The van der Waals surface area contributed by atoms with Crippen molar-refractivity contribution in [2.75, 3.05) is 20.2 Å². The number of hydrogen-bond donors (Lipinski definition) is 1. The minimum atomic E-state index is -0.792. The summed E-state index contributed by atoms with van der Waals surface area (Å²) < 4.78 is 5.13. The third kappa shape index (κ3) is 6.04. The van der Waals surface area contributed by atoms with Gasteiger partial charge in [-0.3, -0.25) is 9.59 Å². The van der Waals surface area contributed by atoms with E-state index in [1.54, 1.807) is 12.0 Å². The highest BCUT2D eigenvalue weighted by Crippen LogP contribution is 2.18. The van der Waals surface area contributed by atoms with Gasteiger partial charge in [0.15, 0.2) is 0 Å². The molecule has 1 heterocycles. The number of halogens is 1. The van der Waals surface area contributed by atoms with E-state index >= 15 is 0 Å². The van der Waals surface area contributed by atoms with Crippen LogP contribution in [-0.2, 0) is 16.0 Å². The number of carbonyl (C=O) groups is 2. The molecule has 1 atom stereocenters. The van der Waals surface area contributed by atoms with Crippen molar-refractivity contribution in [1.82, 2.24) is 4.90 Å². The van der Waals surface area contributed by atoms with Crippen LogP contribution < -0.4 is 4.74 Å². The molecule has 6 heteroatoms. The topological polar surface area (TPSA) is 66.8 Å². The van der Waals surface area contributed by atoms with Gasteiger partial charge >= 0.3 is 5.97 Å². The fourth-order valence-corrected chi connectivity index (χ4v) is 2.92. The zero-order valence-electron chi connectivity index (χ0n) is 14.1. The Balaban J connectivity index is 0.00000288. The molecule has 5 nitrogen and oxygen atoms in total. The monoisotopic (exact) mass is 355 g/mol. The number of carboxylic acid groups (broad SMARTS) is 1. The molecule has 1 aliphatic heterocycles. The molecule has 1 fully saturated rings. The number of methoxy groups -OCH3 is 1. The van der Waals surface area contributed by atoms with Crippen LogP contribution in [0.15, 0.2) is 24.3 Å². The highest BCUT2D eigenvalue weighted by atomic mass is 35.5. The second kappa shape index (κ2) is 10.2. The molecule has 24 heavy (non-hydrogen) atoms. The summed E-state index contributed by atoms with van der Waals surface area (Å²) in [5.74, 6) is -0.211. The minimum absolute atomic E-state index is 0. The van der Waals surface area contributed by atoms with Gasteiger partial charge in [-0.25, -0.2) is 0 Å². The predicted octanol–water partition coefficient (Wildman–Crippen LogP) is 3.15. The van der Waals surface area contributed by atoms with Crippen molar-refractivity contribution in [1.29, 1.82) is 0 Å². The van der Waals surface area contributed by atoms with Gasteiger partial charge in [-0.2, -0.15) is 0 Å². The van der Waals surface area contributed by atoms with Crippen molar-refractivity contribution < 1.29 is 19.4 Å². The molecule has 0 saturated carbocycles. The van der Waals surface area contributed by atoms with Crippen LogP contribution >= 0.6 is 12.4 Å². The third-order valence-electron chi connectivity index (χ3n) is 4.41. The molecule has 0 aliphatic carbocycles. The van der Waals surface area contributed by atoms with Crippen LogP contribution in [0, 0.1) is 5.92 Å². The van der Waals surface area contributed by atoms with Crippen molar-refractivity contribution in [3.8, 4) is 5.75 Å². The summed E-state index contributed by atoms with van der Waals surface area (Å²) in [7, 11) is 1.66. The molecule has 0 aromatic heterocycles. The molecule has 1 aromatic rings. The first kappa shape index (κ1) is 20.3. The lowest BCUT2D eigenvalue weighted by Gasteiger charge is -2.15. The first-order valence-electron chi connectivity index (χ1n) is 8.23. The van der Waals surface area contributed by atoms with Crippen LogP contribution in [0.5, 0.6) is 5.75 Å². The molecule has 1 aliphatic rings. The SMILES string of the molecule is COc1ccc(CCCCCC(=O)N2CCC(C(=O)O)C2)cc1.Cl. The Labute approximate surface area is 149 Å². The normalized spacial score (nSPS) is 16.5. The number of benzene rings is 1. The predicted molar refractivity (Wildman–Crippen MR) is 94.7 cm³/mol. The quantitative estimate of drug-likeness (QED) is 0.727. The second-order valence-electron chi connectivity index (χ2n) is 6.07. The van der Waals surface area contributed by atoms with Gasteiger partial charge in [0, 0.05) is 19.5 Å². The summed E-state index contributed by atoms with van der Waals surface area (Å²) in [5, 5.41) is 8.95. The Bertz CT molecular complexity index is 532. The lowest BCUT2D eigenvalue weighted by Crippen LogP contribution is -2.29. The molecule has 1 amide bonds. The summed E-state index contributed by atoms with van der Waals surface area (Å²) in [4.78, 5) is 24.6. The Morgan fingerprint density at radius 1 is 1.21 bits per heavy atom. The molecule has 0 radical (unpaired) electrons. The number of unbranched alkanes of at least 4 members (excludes halogenated alkanes) is 2. The Morgan fingerprint density at radius 2 is 1.92 bits per heavy atom. The van der Waals surface area contributed by atoms with E-state index in [0.717, 1.165) is 31.4 Å². The van der Waals surface area contributed by atoms with Gasteiger partial charge < -0.3 is 14.7 Å². The second-order valence-corrected chi connectivity index (χ2v) is 6.07. The van der Waals surface area contributed by atoms with E-state index in [1.165, 1.54) is 5.56 Å². The number of aliphatic carboxylic acids is 1. The Morgan fingerprint density at radius 3 is 2.50 bits per heavy atom. The fraction of sp³-hybridized carbons (Fsp3) is 0.556. The summed E-state index contributed by atoms with van der Waals surface area (Å²) in [6.45, 7) is 0.960. The Kier molecular flexibility index (Phi) is 8.61. The van der Waals surface area contributed by atoms with Crippen molar-refractivity contribution in [2.24, 2.45) is 5.92 Å². The van der Waals surface area contributed by atoms with Crippen molar-refractivity contribution in [2.45, 2.75) is 38.5 Å². The fourth-order valence-electron chi connectivity index (χ4n) is 2.92. The van der Waals surface area contributed by atoms with Crippen LogP contribution in [0.25, 0.3) is 0 Å². The van der Waals surface area contributed by atoms with Gasteiger partial charge in [0.1, 0.15) is 5.75 Å². The van der Waals surface area contributed by atoms with E-state index in [4.69, 9.17) is 9.84 Å². The first-order valence-corrected chi connectivity index (χ1v) is 8.23. The largest absolute Gasteiger partial charge is 0.497 e. The summed E-state index contributed by atoms with van der Waals surface area (Å²) in [5.41, 5.74) is 1.28. The Hall–Kier alpha value is -1.75. The lowest BCUT2D eigenvalue weighted by atomic mass is 10.1. The number of hydrogen-bond acceptors (Lipinski definition) is 3. The molecule has 1 N–H and O–H groups in total. The van der Waals surface area contributed by atoms with Crippen LogP contribution in [0.4, 0.5) is 0 Å². The molecule has 2 rings (SSSR count). The third-order valence-corrected chi connectivity index (χ3v) is 4.41. The van der Waals surface area contributed by atoms with Crippen molar-refractivity contribution in [3.05, 3.63) is 29.8 Å². The molecule has 1 aromatic carbocycles. The zero-order chi connectivity index (χ0) is 16.7. The molecule has 1 unspecified atom stereocenters. The minimum Gasteiger partial charge on any atom is -0.497 e. The number of likely N-dealkylation sites (tertiary alicyclic amines) is 1. The molecular formula is C18H26ClNO4. The number of nitrogens with zero attached hydrogens (tertiary/aromatic N) is 1. The van der Waals surface area contributed by atoms with Crippen LogP contribution in [0.3, 0.4) is 0 Å². The van der Waals surface area contributed by atoms with Gasteiger partial charge in [-0.05, 0) is 43.4 Å². The maximum absolute atomic E-state index is 12.0. The standard InChI is InChI=1S/C18H25NO4.ClH/c1-23-16-9-7-14(8-10-16)5-3-2-4-6-17(20)19-12-11-15(13-19)18(21)22;/h7-10,15H,2-6,11-13H2,1H3,(H,21,22);1H. The number of amides is 1. The molecule has 134 valence electrons. The van der Waals surface area contributed by atoms with Crippen molar-refractivity contribution in [3.63, 3.8) is 0 Å². The van der Waals surface area contributed by atoms with Crippen LogP contribution in [-0.4, -0.2) is 42.1 Å². The number of rotatable bonds is 8. The van der Waals surface area contributed by atoms with Crippen molar-refractivity contribution >= 4 is 24.3 Å². The average molecular weight is 356 g/mol. The molecular weight excluding hydrogens is 330 g/mol. The number of carbonyl (C=O) groups excluding carboxylic acids is 1. The smallest absolute Gasteiger partial charge is 0.308 e.